The van der Waals surface area contributed by atoms with E-state index in [9.17, 15) is 4.79 Å². The highest BCUT2D eigenvalue weighted by atomic mass is 32.2. The predicted octanol–water partition coefficient (Wildman–Crippen LogP) is -0.380. The zero-order chi connectivity index (χ0) is 11.3. The normalized spacial score (nSPS) is 12.4. The molecule has 1 rings (SSSR count). The van der Waals surface area contributed by atoms with Crippen molar-refractivity contribution in [1.29, 1.82) is 0 Å². The number of thioether (sulfide) groups is 1. The number of aromatic carboxylic acids is 1. The molecule has 0 spiro atoms. The molecule has 0 aromatic carbocycles. The van der Waals surface area contributed by atoms with Gasteiger partial charge in [0.1, 0.15) is 5.03 Å². The van der Waals surface area contributed by atoms with E-state index in [-0.39, 0.29) is 18.1 Å². The third kappa shape index (κ3) is 3.82. The standard InChI is InChI=1S/C8H10N2O4S/c11-3-5(12)4-15-7-2-9-1-6(10-7)8(13)14/h1-2,5,11-12H,3-4H2,(H,13,14). The lowest BCUT2D eigenvalue weighted by Gasteiger charge is -2.05. The van der Waals surface area contributed by atoms with E-state index >= 15 is 0 Å². The Balaban J connectivity index is 2.62. The van der Waals surface area contributed by atoms with Crippen LogP contribution >= 0.6 is 11.8 Å². The van der Waals surface area contributed by atoms with Crippen LogP contribution in [0.1, 0.15) is 10.5 Å². The number of aromatic nitrogens is 2. The Labute approximate surface area is 90.0 Å². The summed E-state index contributed by atoms with van der Waals surface area (Å²) in [6.07, 6.45) is 1.71. The van der Waals surface area contributed by atoms with Gasteiger partial charge in [-0.2, -0.15) is 0 Å². The zero-order valence-electron chi connectivity index (χ0n) is 7.70. The molecule has 6 nitrogen and oxygen atoms in total. The van der Waals surface area contributed by atoms with E-state index in [2.05, 4.69) is 9.97 Å². The van der Waals surface area contributed by atoms with Crippen LogP contribution in [0.3, 0.4) is 0 Å². The van der Waals surface area contributed by atoms with Crippen LogP contribution in [0.15, 0.2) is 17.4 Å². The Morgan fingerprint density at radius 3 is 2.87 bits per heavy atom. The third-order valence-electron chi connectivity index (χ3n) is 1.47. The minimum absolute atomic E-state index is 0.140. The first kappa shape index (κ1) is 11.9. The summed E-state index contributed by atoms with van der Waals surface area (Å²) < 4.78 is 0. The summed E-state index contributed by atoms with van der Waals surface area (Å²) in [5.74, 6) is -0.901. The molecule has 0 radical (unpaired) electrons. The molecule has 15 heavy (non-hydrogen) atoms. The highest BCUT2D eigenvalue weighted by Crippen LogP contribution is 2.15. The Morgan fingerprint density at radius 1 is 1.53 bits per heavy atom. The number of aliphatic hydroxyl groups excluding tert-OH is 2. The van der Waals surface area contributed by atoms with E-state index < -0.39 is 12.1 Å². The van der Waals surface area contributed by atoms with Gasteiger partial charge < -0.3 is 15.3 Å². The lowest BCUT2D eigenvalue weighted by atomic mass is 10.4. The zero-order valence-corrected chi connectivity index (χ0v) is 8.52. The Hall–Kier alpha value is -1.18. The van der Waals surface area contributed by atoms with Crippen LogP contribution in [-0.2, 0) is 0 Å². The highest BCUT2D eigenvalue weighted by Gasteiger charge is 2.08. The van der Waals surface area contributed by atoms with Gasteiger partial charge in [-0.3, -0.25) is 4.98 Å². The second kappa shape index (κ2) is 5.64. The highest BCUT2D eigenvalue weighted by molar-refractivity contribution is 7.99. The van der Waals surface area contributed by atoms with Gasteiger partial charge in [0.2, 0.25) is 0 Å². The molecule has 1 aromatic rings. The van der Waals surface area contributed by atoms with Crippen molar-refractivity contribution < 1.29 is 20.1 Å². The number of carboxylic acids is 1. The first-order valence-electron chi connectivity index (χ1n) is 4.10. The fourth-order valence-corrected chi connectivity index (χ4v) is 1.52. The van der Waals surface area contributed by atoms with E-state index in [1.165, 1.54) is 6.20 Å². The SMILES string of the molecule is O=C(O)c1cncc(SCC(O)CO)n1. The summed E-state index contributed by atoms with van der Waals surface area (Å²) >= 11 is 1.14. The van der Waals surface area contributed by atoms with Crippen molar-refractivity contribution in [2.24, 2.45) is 0 Å². The third-order valence-corrected chi connectivity index (χ3v) is 2.51. The van der Waals surface area contributed by atoms with Gasteiger partial charge in [-0.05, 0) is 0 Å². The Morgan fingerprint density at radius 2 is 2.27 bits per heavy atom. The Kier molecular flexibility index (Phi) is 4.47. The molecule has 0 aliphatic carbocycles. The lowest BCUT2D eigenvalue weighted by molar-refractivity contribution is 0.0689. The monoisotopic (exact) mass is 230 g/mol. The molecule has 0 fully saturated rings. The first-order chi connectivity index (χ1) is 7.13. The van der Waals surface area contributed by atoms with Crippen molar-refractivity contribution in [1.82, 2.24) is 9.97 Å². The number of hydrogen-bond acceptors (Lipinski definition) is 6. The van der Waals surface area contributed by atoms with Crippen LogP contribution in [0.4, 0.5) is 0 Å². The molecular formula is C8H10N2O4S. The second-order valence-corrected chi connectivity index (χ2v) is 3.74. The summed E-state index contributed by atoms with van der Waals surface area (Å²) in [4.78, 5) is 18.0. The van der Waals surface area contributed by atoms with Crippen LogP contribution in [-0.4, -0.2) is 49.7 Å². The first-order valence-corrected chi connectivity index (χ1v) is 5.09. The number of hydrogen-bond donors (Lipinski definition) is 3. The topological polar surface area (TPSA) is 104 Å². The fourth-order valence-electron chi connectivity index (χ4n) is 0.755. The molecule has 1 unspecified atom stereocenters. The van der Waals surface area contributed by atoms with Crippen molar-refractivity contribution >= 4 is 17.7 Å². The molecule has 0 aliphatic heterocycles. The molecule has 1 heterocycles. The van der Waals surface area contributed by atoms with E-state index in [0.717, 1.165) is 18.0 Å². The molecule has 82 valence electrons. The quantitative estimate of drug-likeness (QED) is 0.592. The minimum Gasteiger partial charge on any atom is -0.476 e. The van der Waals surface area contributed by atoms with Gasteiger partial charge >= 0.3 is 5.97 Å². The van der Waals surface area contributed by atoms with Gasteiger partial charge in [0.25, 0.3) is 0 Å². The van der Waals surface area contributed by atoms with Gasteiger partial charge in [0.15, 0.2) is 5.69 Å². The van der Waals surface area contributed by atoms with Crippen molar-refractivity contribution in [2.75, 3.05) is 12.4 Å². The molecule has 7 heteroatoms. The summed E-state index contributed by atoms with van der Waals surface area (Å²) in [6.45, 7) is -0.334. The molecule has 1 atom stereocenters. The average Bonchev–Trinajstić information content (AvgIpc) is 2.26. The van der Waals surface area contributed by atoms with E-state index in [4.69, 9.17) is 15.3 Å². The van der Waals surface area contributed by atoms with Crippen LogP contribution < -0.4 is 0 Å². The van der Waals surface area contributed by atoms with Crippen molar-refractivity contribution in [3.8, 4) is 0 Å². The number of carbonyl (C=O) groups is 1. The second-order valence-electron chi connectivity index (χ2n) is 2.70. The molecule has 0 aliphatic rings. The van der Waals surface area contributed by atoms with Crippen LogP contribution in [0.25, 0.3) is 0 Å². The molecule has 1 aromatic heterocycles. The minimum atomic E-state index is -1.15. The summed E-state index contributed by atoms with van der Waals surface area (Å²) in [5, 5.41) is 26.7. The van der Waals surface area contributed by atoms with Gasteiger partial charge in [-0.25, -0.2) is 9.78 Å². The molecule has 0 saturated carbocycles. The molecule has 0 saturated heterocycles. The maximum absolute atomic E-state index is 10.5. The predicted molar refractivity (Wildman–Crippen MR) is 52.8 cm³/mol. The number of aliphatic hydroxyl groups is 2. The number of rotatable bonds is 5. The van der Waals surface area contributed by atoms with E-state index in [0.29, 0.717) is 5.03 Å². The van der Waals surface area contributed by atoms with Crippen LogP contribution in [0.5, 0.6) is 0 Å². The van der Waals surface area contributed by atoms with Crippen molar-refractivity contribution in [3.05, 3.63) is 18.1 Å². The Bertz CT molecular complexity index is 347. The fraction of sp³-hybridized carbons (Fsp3) is 0.375. The van der Waals surface area contributed by atoms with Gasteiger partial charge in [-0.1, -0.05) is 0 Å². The van der Waals surface area contributed by atoms with Gasteiger partial charge in [0.05, 0.1) is 25.1 Å². The van der Waals surface area contributed by atoms with Crippen LogP contribution in [0.2, 0.25) is 0 Å². The number of carboxylic acid groups (broad SMARTS) is 1. The molecule has 0 amide bonds. The summed E-state index contributed by atoms with van der Waals surface area (Å²) in [6, 6.07) is 0. The van der Waals surface area contributed by atoms with Crippen molar-refractivity contribution in [2.45, 2.75) is 11.1 Å². The molecule has 3 N–H and O–H groups in total. The van der Waals surface area contributed by atoms with Crippen LogP contribution in [0, 0.1) is 0 Å². The number of nitrogens with zero attached hydrogens (tertiary/aromatic N) is 2. The summed E-state index contributed by atoms with van der Waals surface area (Å²) in [7, 11) is 0. The lowest BCUT2D eigenvalue weighted by Crippen LogP contribution is -2.14. The van der Waals surface area contributed by atoms with Gasteiger partial charge in [-0.15, -0.1) is 11.8 Å². The smallest absolute Gasteiger partial charge is 0.356 e. The van der Waals surface area contributed by atoms with Crippen molar-refractivity contribution in [3.63, 3.8) is 0 Å². The van der Waals surface area contributed by atoms with Gasteiger partial charge in [0, 0.05) is 5.75 Å². The average molecular weight is 230 g/mol. The maximum atomic E-state index is 10.5. The molecule has 0 bridgehead atoms. The largest absolute Gasteiger partial charge is 0.476 e. The maximum Gasteiger partial charge on any atom is 0.356 e. The van der Waals surface area contributed by atoms with E-state index in [1.807, 2.05) is 0 Å². The van der Waals surface area contributed by atoms with E-state index in [1.54, 1.807) is 0 Å². The summed E-state index contributed by atoms with van der Waals surface area (Å²) in [5.41, 5.74) is -0.140. The molecular weight excluding hydrogens is 220 g/mol.